The van der Waals surface area contributed by atoms with E-state index in [0.717, 1.165) is 17.7 Å². The lowest BCUT2D eigenvalue weighted by Gasteiger charge is -2.21. The normalized spacial score (nSPS) is 19.6. The number of thiazole rings is 1. The molecule has 6 heteroatoms. The molecule has 92 valence electrons. The van der Waals surface area contributed by atoms with E-state index in [2.05, 4.69) is 4.98 Å². The van der Waals surface area contributed by atoms with Gasteiger partial charge in [0.2, 0.25) is 5.91 Å². The number of nitrogens with two attached hydrogens (primary N) is 1. The molecule has 0 radical (unpaired) electrons. The molecule has 1 aromatic heterocycles. The number of hydrogen-bond donors (Lipinski definition) is 1. The summed E-state index contributed by atoms with van der Waals surface area (Å²) in [5.41, 5.74) is 7.44. The smallest absolute Gasteiger partial charge is 0.274 e. The Morgan fingerprint density at radius 1 is 1.65 bits per heavy atom. The fraction of sp³-hybridized carbons (Fsp3) is 0.545. The van der Waals surface area contributed by atoms with Gasteiger partial charge in [-0.3, -0.25) is 9.59 Å². The van der Waals surface area contributed by atoms with Crippen molar-refractivity contribution in [1.82, 2.24) is 9.88 Å². The van der Waals surface area contributed by atoms with Crippen LogP contribution in [-0.2, 0) is 11.2 Å². The maximum Gasteiger partial charge on any atom is 0.274 e. The minimum atomic E-state index is -0.464. The van der Waals surface area contributed by atoms with Crippen LogP contribution in [0.2, 0.25) is 0 Å². The van der Waals surface area contributed by atoms with Crippen LogP contribution in [0, 0.1) is 0 Å². The predicted molar refractivity (Wildman–Crippen MR) is 64.7 cm³/mol. The summed E-state index contributed by atoms with van der Waals surface area (Å²) in [6.45, 7) is 2.58. The van der Waals surface area contributed by atoms with Crippen molar-refractivity contribution in [3.63, 3.8) is 0 Å². The molecule has 2 N–H and O–H groups in total. The molecular formula is C11H15N3O2S. The second-order valence-electron chi connectivity index (χ2n) is 4.04. The number of rotatable bonds is 3. The summed E-state index contributed by atoms with van der Waals surface area (Å²) in [7, 11) is 0. The van der Waals surface area contributed by atoms with Crippen molar-refractivity contribution in [3.05, 3.63) is 16.1 Å². The number of primary amides is 1. The van der Waals surface area contributed by atoms with Gasteiger partial charge in [-0.05, 0) is 19.3 Å². The van der Waals surface area contributed by atoms with Crippen molar-refractivity contribution in [1.29, 1.82) is 0 Å². The van der Waals surface area contributed by atoms with Crippen LogP contribution >= 0.6 is 11.3 Å². The van der Waals surface area contributed by atoms with E-state index in [1.54, 1.807) is 10.4 Å². The molecule has 0 spiro atoms. The summed E-state index contributed by atoms with van der Waals surface area (Å²) >= 11 is 1.47. The highest BCUT2D eigenvalue weighted by atomic mass is 32.1. The summed E-state index contributed by atoms with van der Waals surface area (Å²) in [5.74, 6) is -0.589. The molecule has 1 aromatic rings. The fourth-order valence-electron chi connectivity index (χ4n) is 2.14. The summed E-state index contributed by atoms with van der Waals surface area (Å²) in [5, 5.41) is 0. The van der Waals surface area contributed by atoms with Crippen LogP contribution in [0.5, 0.6) is 0 Å². The van der Waals surface area contributed by atoms with E-state index in [1.807, 2.05) is 6.92 Å². The Kier molecular flexibility index (Phi) is 3.42. The molecule has 1 atom stereocenters. The second-order valence-corrected chi connectivity index (χ2v) is 4.98. The van der Waals surface area contributed by atoms with E-state index in [9.17, 15) is 9.59 Å². The van der Waals surface area contributed by atoms with Gasteiger partial charge in [0, 0.05) is 11.4 Å². The van der Waals surface area contributed by atoms with Crippen LogP contribution in [0.4, 0.5) is 0 Å². The van der Waals surface area contributed by atoms with Gasteiger partial charge in [0.15, 0.2) is 0 Å². The van der Waals surface area contributed by atoms with E-state index >= 15 is 0 Å². The number of carbonyl (C=O) groups excluding carboxylic acids is 2. The van der Waals surface area contributed by atoms with Gasteiger partial charge < -0.3 is 10.6 Å². The molecule has 1 unspecified atom stereocenters. The summed E-state index contributed by atoms with van der Waals surface area (Å²) in [6.07, 6.45) is 2.26. The number of likely N-dealkylation sites (tertiary alicyclic amines) is 1. The first kappa shape index (κ1) is 12.0. The quantitative estimate of drug-likeness (QED) is 0.865. The highest BCUT2D eigenvalue weighted by molar-refractivity contribution is 7.09. The Morgan fingerprint density at radius 3 is 3.06 bits per heavy atom. The number of amides is 2. The van der Waals surface area contributed by atoms with Crippen LogP contribution in [0.1, 0.15) is 35.1 Å². The maximum absolute atomic E-state index is 12.3. The van der Waals surface area contributed by atoms with Gasteiger partial charge in [-0.1, -0.05) is 6.92 Å². The molecule has 0 saturated carbocycles. The molecule has 0 aromatic carbocycles. The van der Waals surface area contributed by atoms with E-state index in [4.69, 9.17) is 5.73 Å². The van der Waals surface area contributed by atoms with Crippen molar-refractivity contribution in [3.8, 4) is 0 Å². The van der Waals surface area contributed by atoms with Crippen molar-refractivity contribution in [2.75, 3.05) is 6.54 Å². The molecule has 2 rings (SSSR count). The lowest BCUT2D eigenvalue weighted by molar-refractivity contribution is -0.121. The largest absolute Gasteiger partial charge is 0.368 e. The van der Waals surface area contributed by atoms with Gasteiger partial charge in [0.1, 0.15) is 11.7 Å². The molecule has 1 saturated heterocycles. The number of nitrogens with zero attached hydrogens (tertiary/aromatic N) is 2. The van der Waals surface area contributed by atoms with Crippen LogP contribution in [0.25, 0.3) is 0 Å². The van der Waals surface area contributed by atoms with Gasteiger partial charge in [-0.15, -0.1) is 11.3 Å². The highest BCUT2D eigenvalue weighted by Crippen LogP contribution is 2.22. The van der Waals surface area contributed by atoms with Gasteiger partial charge in [-0.2, -0.15) is 0 Å². The molecule has 1 aliphatic heterocycles. The van der Waals surface area contributed by atoms with Gasteiger partial charge in [0.25, 0.3) is 5.91 Å². The van der Waals surface area contributed by atoms with E-state index < -0.39 is 11.9 Å². The molecule has 2 heterocycles. The third-order valence-corrected chi connectivity index (χ3v) is 3.98. The molecule has 2 amide bonds. The second kappa shape index (κ2) is 4.83. The standard InChI is InChI=1S/C11H15N3O2S/c1-2-8-9(13-6-17-8)11(16)14-5-3-4-7(14)10(12)15/h6-7H,2-5H2,1H3,(H2,12,15). The monoisotopic (exact) mass is 253 g/mol. The highest BCUT2D eigenvalue weighted by Gasteiger charge is 2.34. The van der Waals surface area contributed by atoms with Crippen molar-refractivity contribution in [2.45, 2.75) is 32.2 Å². The zero-order valence-electron chi connectivity index (χ0n) is 9.68. The van der Waals surface area contributed by atoms with Crippen molar-refractivity contribution >= 4 is 23.2 Å². The number of carbonyl (C=O) groups is 2. The van der Waals surface area contributed by atoms with Crippen molar-refractivity contribution in [2.24, 2.45) is 5.73 Å². The first-order valence-electron chi connectivity index (χ1n) is 5.67. The average molecular weight is 253 g/mol. The maximum atomic E-state index is 12.3. The van der Waals surface area contributed by atoms with Crippen molar-refractivity contribution < 1.29 is 9.59 Å². The van der Waals surface area contributed by atoms with E-state index in [1.165, 1.54) is 11.3 Å². The van der Waals surface area contributed by atoms with Gasteiger partial charge in [0.05, 0.1) is 5.51 Å². The fourth-order valence-corrected chi connectivity index (χ4v) is 2.84. The first-order valence-corrected chi connectivity index (χ1v) is 6.55. The SMILES string of the molecule is CCc1scnc1C(=O)N1CCCC1C(N)=O. The Bertz CT molecular complexity index is 444. The summed E-state index contributed by atoms with van der Waals surface area (Å²) in [6, 6.07) is -0.464. The Morgan fingerprint density at radius 2 is 2.41 bits per heavy atom. The van der Waals surface area contributed by atoms with E-state index in [0.29, 0.717) is 18.7 Å². The first-order chi connectivity index (χ1) is 8.15. The van der Waals surface area contributed by atoms with Crippen LogP contribution in [0.15, 0.2) is 5.51 Å². The van der Waals surface area contributed by atoms with Crippen LogP contribution in [-0.4, -0.2) is 34.3 Å². The zero-order valence-corrected chi connectivity index (χ0v) is 10.5. The molecule has 17 heavy (non-hydrogen) atoms. The molecule has 0 aliphatic carbocycles. The Hall–Kier alpha value is -1.43. The molecule has 0 bridgehead atoms. The lowest BCUT2D eigenvalue weighted by Crippen LogP contribution is -2.44. The summed E-state index contributed by atoms with van der Waals surface area (Å²) in [4.78, 5) is 30.1. The van der Waals surface area contributed by atoms with Gasteiger partial charge >= 0.3 is 0 Å². The zero-order chi connectivity index (χ0) is 12.4. The predicted octanol–water partition coefficient (Wildman–Crippen LogP) is 0.795. The minimum absolute atomic E-state index is 0.163. The Balaban J connectivity index is 2.23. The number of aromatic nitrogens is 1. The number of hydrogen-bond acceptors (Lipinski definition) is 4. The number of aryl methyl sites for hydroxylation is 1. The molecular weight excluding hydrogens is 238 g/mol. The molecule has 1 aliphatic rings. The van der Waals surface area contributed by atoms with Crippen LogP contribution < -0.4 is 5.73 Å². The third kappa shape index (κ3) is 2.17. The van der Waals surface area contributed by atoms with Gasteiger partial charge in [-0.25, -0.2) is 4.98 Å². The third-order valence-electron chi connectivity index (χ3n) is 3.01. The van der Waals surface area contributed by atoms with Crippen LogP contribution in [0.3, 0.4) is 0 Å². The molecule has 1 fully saturated rings. The van der Waals surface area contributed by atoms with E-state index in [-0.39, 0.29) is 5.91 Å². The topological polar surface area (TPSA) is 76.3 Å². The minimum Gasteiger partial charge on any atom is -0.368 e. The summed E-state index contributed by atoms with van der Waals surface area (Å²) < 4.78 is 0. The molecule has 5 nitrogen and oxygen atoms in total. The lowest BCUT2D eigenvalue weighted by atomic mass is 10.2. The Labute approximate surface area is 104 Å². The average Bonchev–Trinajstić information content (AvgIpc) is 2.96.